The lowest BCUT2D eigenvalue weighted by molar-refractivity contribution is 1.11. The van der Waals surface area contributed by atoms with Gasteiger partial charge in [0, 0.05) is 10.9 Å². The molecule has 0 unspecified atom stereocenters. The third kappa shape index (κ3) is 1.03. The molecular weight excluding hydrogens is 196 g/mol. The molecule has 0 aliphatic carbocycles. The molecule has 1 radical (unpaired) electrons. The first kappa shape index (κ1) is 7.64. The van der Waals surface area contributed by atoms with Crippen molar-refractivity contribution < 1.29 is 0 Å². The monoisotopic (exact) mass is 201 g/mol. The average Bonchev–Trinajstić information content (AvgIpc) is 2.88. The number of rotatable bonds is 1. The Bertz CT molecular complexity index is 555. The van der Waals surface area contributed by atoms with Crippen LogP contribution in [0.3, 0.4) is 0 Å². The van der Waals surface area contributed by atoms with Gasteiger partial charge in [-0.25, -0.2) is 4.98 Å². The quantitative estimate of drug-likeness (QED) is 0.654. The molecule has 0 atom stereocenters. The first-order valence-electron chi connectivity index (χ1n) is 4.06. The number of fused-ring (bicyclic) bond motifs is 1. The Labute approximate surface area is 83.8 Å². The molecule has 0 bridgehead atoms. The summed E-state index contributed by atoms with van der Waals surface area (Å²) >= 11 is 1.34. The van der Waals surface area contributed by atoms with Crippen molar-refractivity contribution in [3.63, 3.8) is 0 Å². The Morgan fingerprint density at radius 3 is 3.21 bits per heavy atom. The molecule has 0 aliphatic rings. The molecule has 3 rings (SSSR count). The van der Waals surface area contributed by atoms with Gasteiger partial charge in [-0.2, -0.15) is 9.47 Å². The zero-order chi connectivity index (χ0) is 9.38. The van der Waals surface area contributed by atoms with E-state index < -0.39 is 0 Å². The van der Waals surface area contributed by atoms with E-state index in [2.05, 4.69) is 25.8 Å². The Hall–Kier alpha value is -1.75. The zero-order valence-electron chi connectivity index (χ0n) is 7.06. The second-order valence-corrected chi connectivity index (χ2v) is 3.42. The lowest BCUT2D eigenvalue weighted by Crippen LogP contribution is -1.80. The summed E-state index contributed by atoms with van der Waals surface area (Å²) in [6.45, 7) is 0. The SMILES string of the molecule is [c]1n[nH]c2cccc(-c3ncsn3)c12. The number of nitrogens with zero attached hydrogens (tertiary/aromatic N) is 3. The summed E-state index contributed by atoms with van der Waals surface area (Å²) in [6, 6.07) is 5.87. The lowest BCUT2D eigenvalue weighted by Gasteiger charge is -1.95. The topological polar surface area (TPSA) is 54.5 Å². The molecule has 67 valence electrons. The minimum absolute atomic E-state index is 0.734. The molecule has 2 heterocycles. The second-order valence-electron chi connectivity index (χ2n) is 2.82. The van der Waals surface area contributed by atoms with E-state index in [0.29, 0.717) is 0 Å². The van der Waals surface area contributed by atoms with Crippen LogP contribution in [0.4, 0.5) is 0 Å². The lowest BCUT2D eigenvalue weighted by atomic mass is 10.1. The van der Waals surface area contributed by atoms with E-state index in [1.54, 1.807) is 5.51 Å². The number of H-pyrrole nitrogens is 1. The summed E-state index contributed by atoms with van der Waals surface area (Å²) in [5.41, 5.74) is 3.64. The van der Waals surface area contributed by atoms with Gasteiger partial charge >= 0.3 is 0 Å². The fraction of sp³-hybridized carbons (Fsp3) is 0. The van der Waals surface area contributed by atoms with Crippen molar-refractivity contribution in [2.75, 3.05) is 0 Å². The molecular formula is C9H5N4S. The second kappa shape index (κ2) is 2.88. The highest BCUT2D eigenvalue weighted by Gasteiger charge is 2.07. The Morgan fingerprint density at radius 1 is 1.36 bits per heavy atom. The molecule has 0 saturated carbocycles. The van der Waals surface area contributed by atoms with E-state index in [0.717, 1.165) is 22.3 Å². The molecule has 4 nitrogen and oxygen atoms in total. The van der Waals surface area contributed by atoms with Gasteiger partial charge in [-0.1, -0.05) is 12.1 Å². The van der Waals surface area contributed by atoms with Crippen LogP contribution in [-0.4, -0.2) is 19.6 Å². The Morgan fingerprint density at radius 2 is 2.36 bits per heavy atom. The molecule has 1 N–H and O–H groups in total. The highest BCUT2D eigenvalue weighted by atomic mass is 32.1. The van der Waals surface area contributed by atoms with E-state index in [1.807, 2.05) is 18.2 Å². The van der Waals surface area contributed by atoms with Crippen LogP contribution in [0.15, 0.2) is 23.7 Å². The maximum atomic E-state index is 4.19. The molecule has 14 heavy (non-hydrogen) atoms. The van der Waals surface area contributed by atoms with Crippen LogP contribution in [0, 0.1) is 6.20 Å². The first-order chi connectivity index (χ1) is 6.95. The Kier molecular flexibility index (Phi) is 1.57. The largest absolute Gasteiger partial charge is 0.277 e. The number of nitrogens with one attached hydrogen (secondary N) is 1. The number of hydrogen-bond acceptors (Lipinski definition) is 4. The van der Waals surface area contributed by atoms with Gasteiger partial charge in [0.2, 0.25) is 0 Å². The smallest absolute Gasteiger partial charge is 0.173 e. The van der Waals surface area contributed by atoms with Crippen molar-refractivity contribution in [3.05, 3.63) is 29.9 Å². The predicted octanol–water partition coefficient (Wildman–Crippen LogP) is 1.88. The van der Waals surface area contributed by atoms with E-state index in [4.69, 9.17) is 0 Å². The van der Waals surface area contributed by atoms with Crippen LogP contribution in [0.2, 0.25) is 0 Å². The molecule has 0 spiro atoms. The van der Waals surface area contributed by atoms with Gasteiger partial charge in [-0.05, 0) is 17.6 Å². The van der Waals surface area contributed by atoms with E-state index in [9.17, 15) is 0 Å². The van der Waals surface area contributed by atoms with E-state index >= 15 is 0 Å². The van der Waals surface area contributed by atoms with Gasteiger partial charge in [0.05, 0.1) is 5.52 Å². The summed E-state index contributed by atoms with van der Waals surface area (Å²) in [4.78, 5) is 4.16. The normalized spacial score (nSPS) is 10.9. The maximum absolute atomic E-state index is 4.19. The third-order valence-corrected chi connectivity index (χ3v) is 2.49. The van der Waals surface area contributed by atoms with Crippen molar-refractivity contribution in [2.45, 2.75) is 0 Å². The van der Waals surface area contributed by atoms with Crippen molar-refractivity contribution in [1.82, 2.24) is 19.6 Å². The van der Waals surface area contributed by atoms with Crippen molar-refractivity contribution in [3.8, 4) is 11.4 Å². The van der Waals surface area contributed by atoms with Crippen LogP contribution in [-0.2, 0) is 0 Å². The van der Waals surface area contributed by atoms with Crippen LogP contribution >= 0.6 is 11.5 Å². The van der Waals surface area contributed by atoms with Crippen LogP contribution in [0.25, 0.3) is 22.3 Å². The van der Waals surface area contributed by atoms with Crippen LogP contribution < -0.4 is 0 Å². The summed E-state index contributed by atoms with van der Waals surface area (Å²) in [6.07, 6.45) is 2.90. The zero-order valence-corrected chi connectivity index (χ0v) is 7.88. The maximum Gasteiger partial charge on any atom is 0.173 e. The molecule has 0 saturated heterocycles. The molecule has 0 fully saturated rings. The standard InChI is InChI=1S/C9H5N4S/c1-2-6(9-10-5-14-13-9)7-4-11-12-8(7)3-1/h1-3,5H,(H,11,12). The molecule has 1 aromatic carbocycles. The molecule has 5 heteroatoms. The summed E-state index contributed by atoms with van der Waals surface area (Å²) in [5, 5.41) is 7.67. The fourth-order valence-corrected chi connectivity index (χ4v) is 1.83. The van der Waals surface area contributed by atoms with Crippen molar-refractivity contribution in [2.24, 2.45) is 0 Å². The van der Waals surface area contributed by atoms with Gasteiger partial charge in [-0.3, -0.25) is 5.10 Å². The van der Waals surface area contributed by atoms with Gasteiger partial charge < -0.3 is 0 Å². The number of aromatic amines is 1. The first-order valence-corrected chi connectivity index (χ1v) is 4.90. The van der Waals surface area contributed by atoms with Crippen LogP contribution in [0.5, 0.6) is 0 Å². The highest BCUT2D eigenvalue weighted by molar-refractivity contribution is 7.03. The predicted molar refractivity (Wildman–Crippen MR) is 53.8 cm³/mol. The van der Waals surface area contributed by atoms with Crippen molar-refractivity contribution >= 4 is 22.4 Å². The molecule has 3 aromatic rings. The third-order valence-electron chi connectivity index (χ3n) is 2.01. The molecule has 2 aromatic heterocycles. The summed E-state index contributed by atoms with van der Waals surface area (Å²) in [7, 11) is 0. The van der Waals surface area contributed by atoms with Gasteiger partial charge in [0.1, 0.15) is 11.7 Å². The van der Waals surface area contributed by atoms with E-state index in [-0.39, 0.29) is 0 Å². The van der Waals surface area contributed by atoms with Gasteiger partial charge in [0.25, 0.3) is 0 Å². The average molecular weight is 201 g/mol. The summed E-state index contributed by atoms with van der Waals surface area (Å²) < 4.78 is 4.19. The van der Waals surface area contributed by atoms with E-state index in [1.165, 1.54) is 11.5 Å². The fourth-order valence-electron chi connectivity index (χ4n) is 1.39. The minimum atomic E-state index is 0.734. The Balaban J connectivity index is 2.36. The molecule has 0 aliphatic heterocycles. The van der Waals surface area contributed by atoms with Crippen LogP contribution in [0.1, 0.15) is 0 Å². The number of benzene rings is 1. The summed E-state index contributed by atoms with van der Waals surface area (Å²) in [5.74, 6) is 0.734. The number of hydrogen-bond donors (Lipinski definition) is 1. The van der Waals surface area contributed by atoms with Gasteiger partial charge in [-0.15, -0.1) is 0 Å². The van der Waals surface area contributed by atoms with Crippen molar-refractivity contribution in [1.29, 1.82) is 0 Å². The number of aromatic nitrogens is 4. The molecule has 0 amide bonds. The van der Waals surface area contributed by atoms with Gasteiger partial charge in [0.15, 0.2) is 5.82 Å². The minimum Gasteiger partial charge on any atom is -0.277 e. The highest BCUT2D eigenvalue weighted by Crippen LogP contribution is 2.24.